The summed E-state index contributed by atoms with van der Waals surface area (Å²) in [6, 6.07) is 3.28. The van der Waals surface area contributed by atoms with Gasteiger partial charge in [-0.3, -0.25) is 0 Å². The molecule has 2 nitrogen and oxygen atoms in total. The molecule has 0 aromatic heterocycles. The van der Waals surface area contributed by atoms with E-state index in [0.29, 0.717) is 0 Å². The molecular weight excluding hydrogens is 226 g/mol. The van der Waals surface area contributed by atoms with Gasteiger partial charge in [0.05, 0.1) is 5.69 Å². The minimum absolute atomic E-state index is 0.121. The second kappa shape index (κ2) is 3.35. The summed E-state index contributed by atoms with van der Waals surface area (Å²) < 4.78 is 51.5. The van der Waals surface area contributed by atoms with Crippen molar-refractivity contribution in [1.29, 1.82) is 0 Å². The van der Waals surface area contributed by atoms with E-state index in [0.717, 1.165) is 18.2 Å². The maximum atomic E-state index is 13.3. The number of hydrogen-bond acceptors (Lipinski definition) is 2. The van der Waals surface area contributed by atoms with Crippen LogP contribution in [0.25, 0.3) is 0 Å². The van der Waals surface area contributed by atoms with E-state index in [1.807, 2.05) is 0 Å². The molecule has 2 N–H and O–H groups in total. The second-order valence-corrected chi connectivity index (χ2v) is 3.70. The average Bonchev–Trinajstić information content (AvgIpc) is 2.18. The van der Waals surface area contributed by atoms with Crippen LogP contribution in [0.3, 0.4) is 0 Å². The fraction of sp³-hybridized carbons (Fsp3) is 0.400. The molecule has 0 aliphatic carbocycles. The van der Waals surface area contributed by atoms with Gasteiger partial charge in [-0.15, -0.1) is 0 Å². The molecular formula is C10H9F4NO. The Hall–Kier alpha value is -1.30. The van der Waals surface area contributed by atoms with Gasteiger partial charge in [0.25, 0.3) is 0 Å². The van der Waals surface area contributed by atoms with Crippen LogP contribution in [0.1, 0.15) is 12.0 Å². The van der Waals surface area contributed by atoms with Gasteiger partial charge in [0, 0.05) is 18.5 Å². The molecule has 16 heavy (non-hydrogen) atoms. The Kier molecular flexibility index (Phi) is 2.34. The lowest BCUT2D eigenvalue weighted by atomic mass is 9.85. The molecule has 88 valence electrons. The van der Waals surface area contributed by atoms with E-state index in [-0.39, 0.29) is 12.2 Å². The zero-order valence-corrected chi connectivity index (χ0v) is 8.11. The van der Waals surface area contributed by atoms with Crippen LogP contribution in [0.5, 0.6) is 0 Å². The van der Waals surface area contributed by atoms with Crippen molar-refractivity contribution in [2.75, 3.05) is 11.9 Å². The first kappa shape index (κ1) is 11.2. The van der Waals surface area contributed by atoms with E-state index >= 15 is 0 Å². The molecule has 1 heterocycles. The lowest BCUT2D eigenvalue weighted by molar-refractivity contribution is -0.268. The molecule has 0 amide bonds. The second-order valence-electron chi connectivity index (χ2n) is 3.70. The van der Waals surface area contributed by atoms with Gasteiger partial charge in [-0.2, -0.15) is 13.2 Å². The quantitative estimate of drug-likeness (QED) is 0.677. The summed E-state index contributed by atoms with van der Waals surface area (Å²) in [7, 11) is 0. The van der Waals surface area contributed by atoms with E-state index in [1.165, 1.54) is 0 Å². The molecule has 2 rings (SSSR count). The third kappa shape index (κ3) is 1.44. The normalized spacial score (nSPS) is 24.8. The van der Waals surface area contributed by atoms with Crippen molar-refractivity contribution in [3.8, 4) is 0 Å². The average molecular weight is 235 g/mol. The Morgan fingerprint density at radius 2 is 2.00 bits per heavy atom. The molecule has 1 aliphatic rings. The Bertz CT molecular complexity index is 418. The first-order chi connectivity index (χ1) is 7.36. The standard InChI is InChI=1S/C10H9F4NO/c11-7-3-1-2-6-8(7)15-5-4-9(6,16)10(12,13)14/h1-3,15-16H,4-5H2. The highest BCUT2D eigenvalue weighted by molar-refractivity contribution is 5.57. The number of halogens is 4. The van der Waals surface area contributed by atoms with E-state index in [2.05, 4.69) is 5.32 Å². The van der Waals surface area contributed by atoms with Crippen LogP contribution < -0.4 is 5.32 Å². The number of benzene rings is 1. The van der Waals surface area contributed by atoms with Crippen molar-refractivity contribution in [3.05, 3.63) is 29.6 Å². The van der Waals surface area contributed by atoms with Crippen molar-refractivity contribution in [1.82, 2.24) is 0 Å². The Morgan fingerprint density at radius 1 is 1.31 bits per heavy atom. The minimum Gasteiger partial charge on any atom is -0.382 e. The van der Waals surface area contributed by atoms with Crippen LogP contribution >= 0.6 is 0 Å². The highest BCUT2D eigenvalue weighted by Gasteiger charge is 2.56. The van der Waals surface area contributed by atoms with Crippen molar-refractivity contribution in [2.24, 2.45) is 0 Å². The van der Waals surface area contributed by atoms with Gasteiger partial charge in [0.2, 0.25) is 0 Å². The van der Waals surface area contributed by atoms with Gasteiger partial charge >= 0.3 is 6.18 Å². The van der Waals surface area contributed by atoms with Crippen LogP contribution in [0.15, 0.2) is 18.2 Å². The molecule has 0 bridgehead atoms. The maximum Gasteiger partial charge on any atom is 0.421 e. The number of para-hydroxylation sites is 1. The largest absolute Gasteiger partial charge is 0.421 e. The minimum atomic E-state index is -4.81. The summed E-state index contributed by atoms with van der Waals surface area (Å²) in [6.07, 6.45) is -5.33. The van der Waals surface area contributed by atoms with Crippen LogP contribution in [0.2, 0.25) is 0 Å². The zero-order valence-electron chi connectivity index (χ0n) is 8.11. The monoisotopic (exact) mass is 235 g/mol. The third-order valence-corrected chi connectivity index (χ3v) is 2.72. The maximum absolute atomic E-state index is 13.3. The van der Waals surface area contributed by atoms with Gasteiger partial charge in [0.1, 0.15) is 5.82 Å². The van der Waals surface area contributed by atoms with E-state index < -0.39 is 29.6 Å². The molecule has 0 saturated heterocycles. The van der Waals surface area contributed by atoms with E-state index in [1.54, 1.807) is 0 Å². The van der Waals surface area contributed by atoms with Gasteiger partial charge in [0.15, 0.2) is 5.60 Å². The molecule has 1 unspecified atom stereocenters. The van der Waals surface area contributed by atoms with Gasteiger partial charge in [-0.25, -0.2) is 4.39 Å². The lowest BCUT2D eigenvalue weighted by Crippen LogP contribution is -2.46. The number of anilines is 1. The number of rotatable bonds is 0. The highest BCUT2D eigenvalue weighted by atomic mass is 19.4. The highest BCUT2D eigenvalue weighted by Crippen LogP contribution is 2.46. The molecule has 6 heteroatoms. The van der Waals surface area contributed by atoms with Crippen LogP contribution in [0, 0.1) is 5.82 Å². The summed E-state index contributed by atoms with van der Waals surface area (Å²) in [5.41, 5.74) is -3.68. The molecule has 1 aliphatic heterocycles. The van der Waals surface area contributed by atoms with Crippen molar-refractivity contribution < 1.29 is 22.7 Å². The number of alkyl halides is 3. The number of aliphatic hydroxyl groups is 1. The molecule has 1 aromatic rings. The van der Waals surface area contributed by atoms with Crippen LogP contribution in [0.4, 0.5) is 23.2 Å². The first-order valence-corrected chi connectivity index (χ1v) is 4.68. The van der Waals surface area contributed by atoms with Gasteiger partial charge < -0.3 is 10.4 Å². The number of fused-ring (bicyclic) bond motifs is 1. The smallest absolute Gasteiger partial charge is 0.382 e. The molecule has 1 atom stereocenters. The Labute approximate surface area is 88.9 Å². The number of hydrogen-bond donors (Lipinski definition) is 2. The molecule has 0 spiro atoms. The fourth-order valence-corrected chi connectivity index (χ4v) is 1.85. The van der Waals surface area contributed by atoms with Crippen LogP contribution in [-0.2, 0) is 5.60 Å². The van der Waals surface area contributed by atoms with Crippen molar-refractivity contribution in [3.63, 3.8) is 0 Å². The predicted octanol–water partition coefficient (Wildman–Crippen LogP) is 2.39. The zero-order chi connectivity index (χ0) is 12.0. The lowest BCUT2D eigenvalue weighted by Gasteiger charge is -2.36. The third-order valence-electron chi connectivity index (χ3n) is 2.72. The molecule has 1 aromatic carbocycles. The summed E-state index contributed by atoms with van der Waals surface area (Å²) >= 11 is 0. The summed E-state index contributed by atoms with van der Waals surface area (Å²) in [6.45, 7) is -0.121. The summed E-state index contributed by atoms with van der Waals surface area (Å²) in [5, 5.41) is 12.2. The Morgan fingerprint density at radius 3 is 2.62 bits per heavy atom. The summed E-state index contributed by atoms with van der Waals surface area (Å²) in [5.74, 6) is -0.792. The van der Waals surface area contributed by atoms with Crippen LogP contribution in [-0.4, -0.2) is 17.8 Å². The van der Waals surface area contributed by atoms with Gasteiger partial charge in [-0.1, -0.05) is 12.1 Å². The topological polar surface area (TPSA) is 32.3 Å². The molecule has 0 fully saturated rings. The van der Waals surface area contributed by atoms with Crippen molar-refractivity contribution >= 4 is 5.69 Å². The molecule has 0 radical (unpaired) electrons. The fourth-order valence-electron chi connectivity index (χ4n) is 1.85. The van der Waals surface area contributed by atoms with Crippen molar-refractivity contribution in [2.45, 2.75) is 18.2 Å². The predicted molar refractivity (Wildman–Crippen MR) is 49.5 cm³/mol. The van der Waals surface area contributed by atoms with E-state index in [4.69, 9.17) is 0 Å². The summed E-state index contributed by atoms with van der Waals surface area (Å²) in [4.78, 5) is 0. The first-order valence-electron chi connectivity index (χ1n) is 4.68. The number of nitrogens with one attached hydrogen (secondary N) is 1. The molecule has 0 saturated carbocycles. The van der Waals surface area contributed by atoms with E-state index in [9.17, 15) is 22.7 Å². The SMILES string of the molecule is OC1(C(F)(F)F)CCNc2c(F)cccc21. The Balaban J connectivity index is 2.61. The van der Waals surface area contributed by atoms with Gasteiger partial charge in [-0.05, 0) is 6.07 Å².